The van der Waals surface area contributed by atoms with Crippen LogP contribution in [-0.4, -0.2) is 47.6 Å². The number of benzene rings is 4. The molecule has 2 aliphatic rings. The van der Waals surface area contributed by atoms with Crippen LogP contribution in [-0.2, 0) is 0 Å². The van der Waals surface area contributed by atoms with Crippen LogP contribution in [0.5, 0.6) is 0 Å². The van der Waals surface area contributed by atoms with Gasteiger partial charge in [0.2, 0.25) is 5.96 Å². The summed E-state index contributed by atoms with van der Waals surface area (Å²) < 4.78 is 2.35. The molecule has 6 aromatic rings. The van der Waals surface area contributed by atoms with E-state index in [4.69, 9.17) is 15.0 Å². The average Bonchev–Trinajstić information content (AvgIpc) is 3.49. The zero-order valence-electron chi connectivity index (χ0n) is 27.4. The first kappa shape index (κ1) is 27.8. The maximum atomic E-state index is 5.42. The summed E-state index contributed by atoms with van der Waals surface area (Å²) in [6, 6.07) is 34.2. The Labute approximate surface area is 265 Å². The number of aromatic nitrogens is 3. The first-order valence-corrected chi connectivity index (χ1v) is 15.9. The van der Waals surface area contributed by atoms with Gasteiger partial charge in [-0.05, 0) is 97.9 Å². The Balaban J connectivity index is 1.41. The van der Waals surface area contributed by atoms with Gasteiger partial charge in [0.05, 0.1) is 44.2 Å². The molecule has 6 heteroatoms. The molecule has 6 nitrogen and oxygen atoms in total. The Morgan fingerprint density at radius 1 is 0.556 bits per heavy atom. The smallest absolute Gasteiger partial charge is 0.204 e. The molecule has 0 atom stereocenters. The van der Waals surface area contributed by atoms with Crippen LogP contribution in [0.3, 0.4) is 0 Å². The molecule has 45 heavy (non-hydrogen) atoms. The highest BCUT2D eigenvalue weighted by Crippen LogP contribution is 2.54. The van der Waals surface area contributed by atoms with E-state index in [0.29, 0.717) is 0 Å². The van der Waals surface area contributed by atoms with Crippen LogP contribution >= 0.6 is 0 Å². The predicted molar refractivity (Wildman–Crippen MR) is 187 cm³/mol. The van der Waals surface area contributed by atoms with Gasteiger partial charge in [-0.25, -0.2) is 15.0 Å². The van der Waals surface area contributed by atoms with Crippen molar-refractivity contribution in [2.75, 3.05) is 4.90 Å². The van der Waals surface area contributed by atoms with Crippen molar-refractivity contribution in [2.45, 2.75) is 77.5 Å². The highest BCUT2D eigenvalue weighted by Gasteiger charge is 2.66. The zero-order valence-corrected chi connectivity index (χ0v) is 27.4. The van der Waals surface area contributed by atoms with E-state index in [1.54, 1.807) is 0 Å². The minimum absolute atomic E-state index is 0.194. The second-order valence-corrected chi connectivity index (χ2v) is 14.6. The second-order valence-electron chi connectivity index (χ2n) is 14.6. The quantitative estimate of drug-likeness (QED) is 0.206. The maximum absolute atomic E-state index is 5.42. The molecule has 0 amide bonds. The molecule has 0 saturated carbocycles. The fraction of sp³-hybridized carbons (Fsp3) is 0.308. The molecule has 0 N–H and O–H groups in total. The average molecular weight is 593 g/mol. The van der Waals surface area contributed by atoms with E-state index in [9.17, 15) is 0 Å². The molecular formula is C39H40N6. The van der Waals surface area contributed by atoms with Crippen molar-refractivity contribution in [3.63, 3.8) is 0 Å². The van der Waals surface area contributed by atoms with Crippen LogP contribution in [0.15, 0.2) is 102 Å². The standard InChI is InChI=1S/C39H40N6/c1-36(2)37(3,4)45-35(42-36)44(38(5,6)39(45,7)8)34-33(40-29-19-13-14-20-30(29)41-34)25-22-23-32-28(24-25)27-18-12-15-21-31(27)43(32)26-16-10-9-11-17-26/h9-24H,1-8H3. The Bertz CT molecular complexity index is 2180. The molecule has 2 aliphatic heterocycles. The lowest BCUT2D eigenvalue weighted by atomic mass is 9.76. The molecule has 0 radical (unpaired) electrons. The molecule has 226 valence electrons. The van der Waals surface area contributed by atoms with Crippen LogP contribution < -0.4 is 4.90 Å². The molecule has 0 unspecified atom stereocenters. The number of hydrogen-bond acceptors (Lipinski definition) is 5. The van der Waals surface area contributed by atoms with E-state index in [1.165, 1.54) is 21.8 Å². The van der Waals surface area contributed by atoms with Gasteiger partial charge in [-0.3, -0.25) is 4.90 Å². The Kier molecular flexibility index (Phi) is 5.52. The van der Waals surface area contributed by atoms with Crippen molar-refractivity contribution in [3.05, 3.63) is 97.1 Å². The third-order valence-corrected chi connectivity index (χ3v) is 11.2. The lowest BCUT2D eigenvalue weighted by molar-refractivity contribution is 0.0528. The Morgan fingerprint density at radius 3 is 1.91 bits per heavy atom. The van der Waals surface area contributed by atoms with Crippen molar-refractivity contribution < 1.29 is 0 Å². The topological polar surface area (TPSA) is 49.6 Å². The molecule has 4 heterocycles. The van der Waals surface area contributed by atoms with E-state index in [-0.39, 0.29) is 22.2 Å². The van der Waals surface area contributed by atoms with Crippen molar-refractivity contribution in [1.29, 1.82) is 0 Å². The molecule has 4 aromatic carbocycles. The van der Waals surface area contributed by atoms with Crippen LogP contribution in [0, 0.1) is 0 Å². The van der Waals surface area contributed by atoms with Crippen LogP contribution in [0.2, 0.25) is 0 Å². The van der Waals surface area contributed by atoms with Gasteiger partial charge >= 0.3 is 0 Å². The van der Waals surface area contributed by atoms with Gasteiger partial charge in [-0.2, -0.15) is 0 Å². The van der Waals surface area contributed by atoms with Crippen LogP contribution in [0.1, 0.15) is 55.4 Å². The predicted octanol–water partition coefficient (Wildman–Crippen LogP) is 9.00. The first-order valence-electron chi connectivity index (χ1n) is 15.9. The number of guanidine groups is 1. The van der Waals surface area contributed by atoms with Crippen LogP contribution in [0.4, 0.5) is 5.82 Å². The summed E-state index contributed by atoms with van der Waals surface area (Å²) in [6.07, 6.45) is 0. The second kappa shape index (κ2) is 8.94. The molecule has 1 fully saturated rings. The highest BCUT2D eigenvalue weighted by atomic mass is 15.6. The zero-order chi connectivity index (χ0) is 31.5. The van der Waals surface area contributed by atoms with E-state index < -0.39 is 0 Å². The van der Waals surface area contributed by atoms with Gasteiger partial charge in [0.15, 0.2) is 5.82 Å². The molecule has 0 spiro atoms. The van der Waals surface area contributed by atoms with Crippen molar-refractivity contribution >= 4 is 44.6 Å². The van der Waals surface area contributed by atoms with Gasteiger partial charge in [0, 0.05) is 22.0 Å². The van der Waals surface area contributed by atoms with E-state index in [0.717, 1.165) is 39.8 Å². The van der Waals surface area contributed by atoms with Crippen molar-refractivity contribution in [1.82, 2.24) is 19.4 Å². The largest absolute Gasteiger partial charge is 0.327 e. The number of aliphatic imine (C=N–C) groups is 1. The molecule has 8 rings (SSSR count). The molecule has 1 saturated heterocycles. The summed E-state index contributed by atoms with van der Waals surface area (Å²) in [5.41, 5.74) is 6.11. The SMILES string of the molecule is CC1(C)N=C2N(c3nc4ccccc4nc3-c3ccc4c(c3)c3ccccc3n4-c3ccccc3)C(C)(C)C(C)(C)N2C1(C)C. The third kappa shape index (κ3) is 3.59. The summed E-state index contributed by atoms with van der Waals surface area (Å²) in [4.78, 5) is 21.1. The van der Waals surface area contributed by atoms with Crippen molar-refractivity contribution in [2.24, 2.45) is 4.99 Å². The number of anilines is 1. The number of para-hydroxylation sites is 4. The van der Waals surface area contributed by atoms with Gasteiger partial charge in [0.25, 0.3) is 0 Å². The normalized spacial score (nSPS) is 19.4. The van der Waals surface area contributed by atoms with Gasteiger partial charge in [-0.1, -0.05) is 54.6 Å². The number of rotatable bonds is 3. The molecular weight excluding hydrogens is 552 g/mol. The molecule has 2 aromatic heterocycles. The molecule has 0 bridgehead atoms. The highest BCUT2D eigenvalue weighted by molar-refractivity contribution is 6.11. The minimum atomic E-state index is -0.334. The Hall–Kier alpha value is -4.71. The van der Waals surface area contributed by atoms with Gasteiger partial charge < -0.3 is 9.47 Å². The number of fused-ring (bicyclic) bond motifs is 5. The lowest BCUT2D eigenvalue weighted by Crippen LogP contribution is -2.63. The van der Waals surface area contributed by atoms with E-state index in [1.807, 2.05) is 12.1 Å². The summed E-state index contributed by atoms with van der Waals surface area (Å²) in [5.74, 6) is 1.81. The van der Waals surface area contributed by atoms with Crippen LogP contribution in [0.25, 0.3) is 49.8 Å². The Morgan fingerprint density at radius 2 is 1.18 bits per heavy atom. The summed E-state index contributed by atoms with van der Waals surface area (Å²) in [5, 5.41) is 2.40. The number of nitrogens with zero attached hydrogens (tertiary/aromatic N) is 6. The monoisotopic (exact) mass is 592 g/mol. The lowest BCUT2D eigenvalue weighted by Gasteiger charge is -2.50. The first-order chi connectivity index (χ1) is 21.3. The summed E-state index contributed by atoms with van der Waals surface area (Å²) in [7, 11) is 0. The van der Waals surface area contributed by atoms with E-state index in [2.05, 4.69) is 155 Å². The summed E-state index contributed by atoms with van der Waals surface area (Å²) >= 11 is 0. The summed E-state index contributed by atoms with van der Waals surface area (Å²) in [6.45, 7) is 18.4. The molecule has 0 aliphatic carbocycles. The fourth-order valence-electron chi connectivity index (χ4n) is 7.53. The van der Waals surface area contributed by atoms with Gasteiger partial charge in [-0.15, -0.1) is 0 Å². The maximum Gasteiger partial charge on any atom is 0.204 e. The minimum Gasteiger partial charge on any atom is -0.327 e. The van der Waals surface area contributed by atoms with Gasteiger partial charge in [0.1, 0.15) is 5.69 Å². The fourth-order valence-corrected chi connectivity index (χ4v) is 7.53. The number of hydrogen-bond donors (Lipinski definition) is 0. The van der Waals surface area contributed by atoms with Crippen molar-refractivity contribution in [3.8, 4) is 16.9 Å². The third-order valence-electron chi connectivity index (χ3n) is 11.2. The van der Waals surface area contributed by atoms with E-state index >= 15 is 0 Å².